The maximum absolute atomic E-state index is 12.7. The van der Waals surface area contributed by atoms with Crippen LogP contribution in [0, 0.1) is 6.92 Å². The summed E-state index contributed by atoms with van der Waals surface area (Å²) in [5.41, 5.74) is 3.42. The lowest BCUT2D eigenvalue weighted by atomic mass is 10.2. The molecule has 0 saturated carbocycles. The van der Waals surface area contributed by atoms with Crippen molar-refractivity contribution in [1.29, 1.82) is 0 Å². The second-order valence-electron chi connectivity index (χ2n) is 7.41. The van der Waals surface area contributed by atoms with Crippen molar-refractivity contribution in [3.8, 4) is 5.82 Å². The topological polar surface area (TPSA) is 80.9 Å². The Morgan fingerprint density at radius 3 is 2.97 bits per heavy atom. The smallest absolute Gasteiger partial charge is 0.255 e. The third kappa shape index (κ3) is 4.22. The molecule has 0 bridgehead atoms. The maximum Gasteiger partial charge on any atom is 0.255 e. The van der Waals surface area contributed by atoms with Crippen LogP contribution in [0.15, 0.2) is 36.7 Å². The lowest BCUT2D eigenvalue weighted by Crippen LogP contribution is -2.34. The van der Waals surface area contributed by atoms with Gasteiger partial charge in [0.2, 0.25) is 0 Å². The molecule has 1 amide bonds. The summed E-state index contributed by atoms with van der Waals surface area (Å²) in [6, 6.07) is 7.71. The normalized spacial score (nSPS) is 14.0. The molecular weight excluding hydrogens is 366 g/mol. The summed E-state index contributed by atoms with van der Waals surface area (Å²) in [6.07, 6.45) is 5.73. The monoisotopic (exact) mass is 393 g/mol. The van der Waals surface area contributed by atoms with Crippen LogP contribution in [0.3, 0.4) is 0 Å². The number of aromatic nitrogens is 5. The Morgan fingerprint density at radius 1 is 1.28 bits per heavy atom. The molecule has 1 aliphatic rings. The van der Waals surface area contributed by atoms with Crippen LogP contribution in [0.25, 0.3) is 5.82 Å². The second-order valence-corrected chi connectivity index (χ2v) is 7.41. The third-order valence-electron chi connectivity index (χ3n) is 5.31. The molecule has 0 unspecified atom stereocenters. The van der Waals surface area contributed by atoms with Gasteiger partial charge in [-0.05, 0) is 38.1 Å². The highest BCUT2D eigenvalue weighted by atomic mass is 16.1. The summed E-state index contributed by atoms with van der Waals surface area (Å²) < 4.78 is 3.74. The second kappa shape index (κ2) is 8.57. The number of rotatable bonds is 7. The molecule has 0 spiro atoms. The predicted molar refractivity (Wildman–Crippen MR) is 110 cm³/mol. The Bertz CT molecular complexity index is 976. The van der Waals surface area contributed by atoms with Gasteiger partial charge in [-0.15, -0.1) is 0 Å². The molecule has 4 heterocycles. The molecule has 152 valence electrons. The fourth-order valence-corrected chi connectivity index (χ4v) is 3.65. The Kier molecular flexibility index (Phi) is 5.71. The van der Waals surface area contributed by atoms with Crippen molar-refractivity contribution in [2.24, 2.45) is 0 Å². The first-order valence-electron chi connectivity index (χ1n) is 10.2. The highest BCUT2D eigenvalue weighted by Crippen LogP contribution is 2.15. The zero-order chi connectivity index (χ0) is 20.2. The van der Waals surface area contributed by atoms with E-state index < -0.39 is 0 Å². The largest absolute Gasteiger partial charge is 0.346 e. The number of unbranched alkanes of at least 4 members (excludes halogenated alkanes) is 1. The van der Waals surface area contributed by atoms with E-state index in [1.807, 2.05) is 25.1 Å². The molecule has 8 heteroatoms. The lowest BCUT2D eigenvalue weighted by Gasteiger charge is -2.27. The first-order valence-corrected chi connectivity index (χ1v) is 10.2. The third-order valence-corrected chi connectivity index (χ3v) is 5.31. The number of amides is 1. The minimum absolute atomic E-state index is 0.153. The first-order chi connectivity index (χ1) is 14.2. The van der Waals surface area contributed by atoms with Gasteiger partial charge in [-0.1, -0.05) is 19.4 Å². The molecule has 1 aliphatic heterocycles. The SMILES string of the molecule is CCCCN1CCn2nc(CNC(=O)c3cnn(-c4ccccn4)c3C)cc2C1. The van der Waals surface area contributed by atoms with Crippen LogP contribution in [0.5, 0.6) is 0 Å². The van der Waals surface area contributed by atoms with Crippen molar-refractivity contribution < 1.29 is 4.79 Å². The van der Waals surface area contributed by atoms with Crippen LogP contribution in [-0.2, 0) is 19.6 Å². The average molecular weight is 393 g/mol. The summed E-state index contributed by atoms with van der Waals surface area (Å²) in [7, 11) is 0. The highest BCUT2D eigenvalue weighted by molar-refractivity contribution is 5.95. The maximum atomic E-state index is 12.7. The summed E-state index contributed by atoms with van der Waals surface area (Å²) in [6.45, 7) is 8.50. The average Bonchev–Trinajstić information content (AvgIpc) is 3.33. The van der Waals surface area contributed by atoms with Crippen LogP contribution in [0.4, 0.5) is 0 Å². The molecule has 0 radical (unpaired) electrons. The van der Waals surface area contributed by atoms with Gasteiger partial charge in [0.25, 0.3) is 5.91 Å². The number of pyridine rings is 1. The van der Waals surface area contributed by atoms with Crippen LogP contribution in [-0.4, -0.2) is 48.4 Å². The van der Waals surface area contributed by atoms with Gasteiger partial charge in [0.15, 0.2) is 5.82 Å². The summed E-state index contributed by atoms with van der Waals surface area (Å²) in [5, 5.41) is 11.9. The fourth-order valence-electron chi connectivity index (χ4n) is 3.65. The number of fused-ring (bicyclic) bond motifs is 1. The van der Waals surface area contributed by atoms with Gasteiger partial charge < -0.3 is 5.32 Å². The van der Waals surface area contributed by atoms with Crippen LogP contribution >= 0.6 is 0 Å². The first kappa shape index (κ1) is 19.3. The minimum atomic E-state index is -0.153. The van der Waals surface area contributed by atoms with Crippen molar-refractivity contribution in [1.82, 2.24) is 34.8 Å². The Labute approximate surface area is 170 Å². The number of nitrogens with zero attached hydrogens (tertiary/aromatic N) is 6. The molecule has 0 fully saturated rings. The zero-order valence-corrected chi connectivity index (χ0v) is 17.0. The van der Waals surface area contributed by atoms with E-state index in [4.69, 9.17) is 0 Å². The van der Waals surface area contributed by atoms with Gasteiger partial charge >= 0.3 is 0 Å². The van der Waals surface area contributed by atoms with Gasteiger partial charge in [-0.3, -0.25) is 14.4 Å². The number of hydrogen-bond acceptors (Lipinski definition) is 5. The quantitative estimate of drug-likeness (QED) is 0.666. The molecule has 0 aliphatic carbocycles. The van der Waals surface area contributed by atoms with E-state index in [0.717, 1.165) is 37.6 Å². The van der Waals surface area contributed by atoms with Crippen molar-refractivity contribution in [3.63, 3.8) is 0 Å². The fraction of sp³-hybridized carbons (Fsp3) is 0.429. The van der Waals surface area contributed by atoms with Gasteiger partial charge in [0, 0.05) is 19.3 Å². The number of carbonyl (C=O) groups excluding carboxylic acids is 1. The highest BCUT2D eigenvalue weighted by Gasteiger charge is 2.19. The van der Waals surface area contributed by atoms with Gasteiger partial charge in [-0.25, -0.2) is 9.67 Å². The van der Waals surface area contributed by atoms with Crippen molar-refractivity contribution in [3.05, 3.63) is 59.3 Å². The zero-order valence-electron chi connectivity index (χ0n) is 17.0. The molecule has 3 aromatic heterocycles. The summed E-state index contributed by atoms with van der Waals surface area (Å²) >= 11 is 0. The molecule has 4 rings (SSSR count). The number of carbonyl (C=O) groups is 1. The molecule has 8 nitrogen and oxygen atoms in total. The molecule has 0 saturated heterocycles. The molecule has 0 aromatic carbocycles. The van der Waals surface area contributed by atoms with E-state index in [1.54, 1.807) is 17.1 Å². The Morgan fingerprint density at radius 2 is 2.17 bits per heavy atom. The van der Waals surface area contributed by atoms with Crippen molar-refractivity contribution >= 4 is 5.91 Å². The van der Waals surface area contributed by atoms with Crippen molar-refractivity contribution in [2.75, 3.05) is 13.1 Å². The van der Waals surface area contributed by atoms with Crippen LogP contribution < -0.4 is 5.32 Å². The van der Waals surface area contributed by atoms with E-state index in [0.29, 0.717) is 17.9 Å². The standard InChI is InChI=1S/C21H27N7O/c1-3-4-9-26-10-11-27-18(15-26)12-17(25-27)13-23-21(29)19-14-24-28(16(19)2)20-7-5-6-8-22-20/h5-8,12,14H,3-4,9-11,13,15H2,1-2H3,(H,23,29). The summed E-state index contributed by atoms with van der Waals surface area (Å²) in [5.74, 6) is 0.540. The van der Waals surface area contributed by atoms with Crippen LogP contribution in [0.1, 0.15) is 47.2 Å². The van der Waals surface area contributed by atoms with Crippen LogP contribution in [0.2, 0.25) is 0 Å². The molecule has 3 aromatic rings. The Balaban J connectivity index is 1.39. The van der Waals surface area contributed by atoms with Gasteiger partial charge in [-0.2, -0.15) is 10.2 Å². The van der Waals surface area contributed by atoms with Gasteiger partial charge in [0.05, 0.1) is 41.9 Å². The molecular formula is C21H27N7O. The van der Waals surface area contributed by atoms with E-state index in [9.17, 15) is 4.79 Å². The van der Waals surface area contributed by atoms with E-state index in [1.165, 1.54) is 18.5 Å². The van der Waals surface area contributed by atoms with E-state index in [-0.39, 0.29) is 5.91 Å². The van der Waals surface area contributed by atoms with E-state index >= 15 is 0 Å². The summed E-state index contributed by atoms with van der Waals surface area (Å²) in [4.78, 5) is 19.4. The van der Waals surface area contributed by atoms with Crippen molar-refractivity contribution in [2.45, 2.75) is 46.3 Å². The lowest BCUT2D eigenvalue weighted by molar-refractivity contribution is 0.0949. The number of nitrogens with one attached hydrogen (secondary N) is 1. The molecule has 0 atom stereocenters. The molecule has 1 N–H and O–H groups in total. The molecule has 29 heavy (non-hydrogen) atoms. The Hall–Kier alpha value is -3.00. The minimum Gasteiger partial charge on any atom is -0.346 e. The predicted octanol–water partition coefficient (Wildman–Crippen LogP) is 2.32. The van der Waals surface area contributed by atoms with Gasteiger partial charge in [0.1, 0.15) is 0 Å². The number of hydrogen-bond donors (Lipinski definition) is 1. The van der Waals surface area contributed by atoms with E-state index in [2.05, 4.69) is 43.1 Å².